The molecule has 28 heavy (non-hydrogen) atoms. The zero-order valence-electron chi connectivity index (χ0n) is 16.2. The van der Waals surface area contributed by atoms with Crippen molar-refractivity contribution in [3.63, 3.8) is 0 Å². The maximum atomic E-state index is 13.1. The molecule has 1 unspecified atom stereocenters. The van der Waals surface area contributed by atoms with E-state index >= 15 is 0 Å². The first-order valence-electron chi connectivity index (χ1n) is 10.1. The van der Waals surface area contributed by atoms with Crippen molar-refractivity contribution in [2.24, 2.45) is 0 Å². The molecule has 1 aliphatic heterocycles. The van der Waals surface area contributed by atoms with Crippen LogP contribution >= 0.6 is 11.6 Å². The number of hydrogen-bond acceptors (Lipinski definition) is 5. The first-order valence-corrected chi connectivity index (χ1v) is 10.5. The van der Waals surface area contributed by atoms with Crippen LogP contribution in [0.25, 0.3) is 0 Å². The van der Waals surface area contributed by atoms with Gasteiger partial charge < -0.3 is 14.1 Å². The van der Waals surface area contributed by atoms with Gasteiger partial charge in [0.2, 0.25) is 11.8 Å². The van der Waals surface area contributed by atoms with Crippen LogP contribution in [-0.2, 0) is 0 Å². The van der Waals surface area contributed by atoms with Gasteiger partial charge in [0.05, 0.1) is 18.6 Å². The van der Waals surface area contributed by atoms with Gasteiger partial charge in [-0.05, 0) is 43.9 Å². The van der Waals surface area contributed by atoms with Gasteiger partial charge in [0, 0.05) is 24.0 Å². The third-order valence-corrected chi connectivity index (χ3v) is 6.10. The van der Waals surface area contributed by atoms with Crippen LogP contribution in [0.2, 0.25) is 5.02 Å². The standard InChI is InChI=1S/C21H26ClN3O3/c1-27-18-10-9-16(22)12-17(18)21(26)25-11-5-8-15(13-25)20-24-23-19(28-20)14-6-3-2-4-7-14/h9-10,12,14-15H,2-8,11,13H2,1H3. The fraction of sp³-hybridized carbons (Fsp3) is 0.571. The van der Waals surface area contributed by atoms with Crippen molar-refractivity contribution in [2.45, 2.75) is 56.8 Å². The number of benzene rings is 1. The van der Waals surface area contributed by atoms with Crippen molar-refractivity contribution < 1.29 is 13.9 Å². The van der Waals surface area contributed by atoms with Crippen LogP contribution < -0.4 is 4.74 Å². The van der Waals surface area contributed by atoms with Crippen LogP contribution in [0.4, 0.5) is 0 Å². The number of likely N-dealkylation sites (tertiary alicyclic amines) is 1. The van der Waals surface area contributed by atoms with Crippen LogP contribution in [0.5, 0.6) is 5.75 Å². The molecule has 7 heteroatoms. The van der Waals surface area contributed by atoms with Gasteiger partial charge >= 0.3 is 0 Å². The number of halogens is 1. The van der Waals surface area contributed by atoms with Gasteiger partial charge in [-0.25, -0.2) is 0 Å². The highest BCUT2D eigenvalue weighted by atomic mass is 35.5. The number of piperidine rings is 1. The summed E-state index contributed by atoms with van der Waals surface area (Å²) in [6.45, 7) is 1.27. The van der Waals surface area contributed by atoms with Crippen LogP contribution in [0, 0.1) is 0 Å². The van der Waals surface area contributed by atoms with Crippen molar-refractivity contribution >= 4 is 17.5 Å². The van der Waals surface area contributed by atoms with Crippen molar-refractivity contribution in [3.05, 3.63) is 40.6 Å². The highest BCUT2D eigenvalue weighted by Gasteiger charge is 2.31. The topological polar surface area (TPSA) is 68.5 Å². The summed E-state index contributed by atoms with van der Waals surface area (Å²) < 4.78 is 11.4. The molecule has 2 aliphatic rings. The number of rotatable bonds is 4. The minimum atomic E-state index is -0.0731. The molecule has 1 saturated heterocycles. The number of aromatic nitrogens is 2. The van der Waals surface area contributed by atoms with E-state index in [1.165, 1.54) is 19.3 Å². The number of amides is 1. The molecular weight excluding hydrogens is 378 g/mol. The molecule has 0 bridgehead atoms. The van der Waals surface area contributed by atoms with Gasteiger partial charge in [0.1, 0.15) is 5.75 Å². The molecule has 1 saturated carbocycles. The molecule has 2 fully saturated rings. The molecule has 1 aromatic carbocycles. The molecule has 4 rings (SSSR count). The first kappa shape index (κ1) is 19.2. The van der Waals surface area contributed by atoms with Gasteiger partial charge in [-0.2, -0.15) is 0 Å². The van der Waals surface area contributed by atoms with E-state index in [1.54, 1.807) is 25.3 Å². The van der Waals surface area contributed by atoms with E-state index in [0.29, 0.717) is 41.2 Å². The highest BCUT2D eigenvalue weighted by Crippen LogP contribution is 2.34. The van der Waals surface area contributed by atoms with Crippen LogP contribution in [-0.4, -0.2) is 41.2 Å². The quantitative estimate of drug-likeness (QED) is 0.733. The van der Waals surface area contributed by atoms with Gasteiger partial charge in [-0.3, -0.25) is 4.79 Å². The van der Waals surface area contributed by atoms with Gasteiger partial charge in [-0.1, -0.05) is 30.9 Å². The van der Waals surface area contributed by atoms with Crippen molar-refractivity contribution in [3.8, 4) is 5.75 Å². The van der Waals surface area contributed by atoms with Crippen molar-refractivity contribution in [1.29, 1.82) is 0 Å². The Labute approximate surface area is 170 Å². The minimum Gasteiger partial charge on any atom is -0.496 e. The van der Waals surface area contributed by atoms with Gasteiger partial charge in [-0.15, -0.1) is 10.2 Å². The summed E-state index contributed by atoms with van der Waals surface area (Å²) in [5.74, 6) is 2.37. The van der Waals surface area contributed by atoms with Crippen molar-refractivity contribution in [1.82, 2.24) is 15.1 Å². The average molecular weight is 404 g/mol. The number of hydrogen-bond donors (Lipinski definition) is 0. The van der Waals surface area contributed by atoms with E-state index in [1.807, 2.05) is 4.90 Å². The summed E-state index contributed by atoms with van der Waals surface area (Å²) in [5, 5.41) is 9.17. The number of carbonyl (C=O) groups excluding carboxylic acids is 1. The predicted molar refractivity (Wildman–Crippen MR) is 106 cm³/mol. The van der Waals surface area contributed by atoms with Gasteiger partial charge in [0.15, 0.2) is 0 Å². The normalized spacial score (nSPS) is 20.9. The molecule has 1 amide bonds. The number of ether oxygens (including phenoxy) is 1. The van der Waals surface area contributed by atoms with Crippen LogP contribution in [0.15, 0.2) is 22.6 Å². The fourth-order valence-electron chi connectivity index (χ4n) is 4.31. The smallest absolute Gasteiger partial charge is 0.257 e. The zero-order chi connectivity index (χ0) is 19.5. The summed E-state index contributed by atoms with van der Waals surface area (Å²) >= 11 is 6.10. The molecule has 2 aromatic rings. The lowest BCUT2D eigenvalue weighted by molar-refractivity contribution is 0.0694. The first-order chi connectivity index (χ1) is 13.7. The molecule has 0 radical (unpaired) electrons. The Bertz CT molecular complexity index is 832. The summed E-state index contributed by atoms with van der Waals surface area (Å²) in [7, 11) is 1.56. The Balaban J connectivity index is 1.48. The third-order valence-electron chi connectivity index (χ3n) is 5.86. The number of nitrogens with zero attached hydrogens (tertiary/aromatic N) is 3. The van der Waals surface area contributed by atoms with E-state index in [9.17, 15) is 4.79 Å². The van der Waals surface area contributed by atoms with E-state index in [-0.39, 0.29) is 11.8 Å². The number of carbonyl (C=O) groups is 1. The maximum absolute atomic E-state index is 13.1. The molecule has 1 aliphatic carbocycles. The van der Waals surface area contributed by atoms with Crippen molar-refractivity contribution in [2.75, 3.05) is 20.2 Å². The van der Waals surface area contributed by atoms with E-state index in [2.05, 4.69) is 10.2 Å². The Hall–Kier alpha value is -2.08. The number of methoxy groups -OCH3 is 1. The summed E-state index contributed by atoms with van der Waals surface area (Å²) in [4.78, 5) is 14.9. The molecular formula is C21H26ClN3O3. The summed E-state index contributed by atoms with van der Waals surface area (Å²) in [6, 6.07) is 5.12. The van der Waals surface area contributed by atoms with E-state index < -0.39 is 0 Å². The maximum Gasteiger partial charge on any atom is 0.257 e. The monoisotopic (exact) mass is 403 g/mol. The third kappa shape index (κ3) is 4.02. The fourth-order valence-corrected chi connectivity index (χ4v) is 4.48. The summed E-state index contributed by atoms with van der Waals surface area (Å²) in [5.41, 5.74) is 0.490. The second-order valence-corrected chi connectivity index (χ2v) is 8.18. The van der Waals surface area contributed by atoms with E-state index in [4.69, 9.17) is 20.8 Å². The van der Waals surface area contributed by atoms with Gasteiger partial charge in [0.25, 0.3) is 5.91 Å². The molecule has 0 spiro atoms. The highest BCUT2D eigenvalue weighted by molar-refractivity contribution is 6.31. The molecule has 2 heterocycles. The SMILES string of the molecule is COc1ccc(Cl)cc1C(=O)N1CCCC(c2nnc(C3CCCCC3)o2)C1. The second kappa shape index (κ2) is 8.52. The lowest BCUT2D eigenvalue weighted by Crippen LogP contribution is -2.39. The molecule has 0 N–H and O–H groups in total. The zero-order valence-corrected chi connectivity index (χ0v) is 17.0. The predicted octanol–water partition coefficient (Wildman–Crippen LogP) is 4.80. The van der Waals surface area contributed by atoms with E-state index in [0.717, 1.165) is 31.6 Å². The Kier molecular flexibility index (Phi) is 5.85. The molecule has 1 atom stereocenters. The van der Waals surface area contributed by atoms with Crippen LogP contribution in [0.1, 0.15) is 78.9 Å². The Morgan fingerprint density at radius 1 is 1.11 bits per heavy atom. The lowest BCUT2D eigenvalue weighted by Gasteiger charge is -2.31. The molecule has 6 nitrogen and oxygen atoms in total. The largest absolute Gasteiger partial charge is 0.496 e. The second-order valence-electron chi connectivity index (χ2n) is 7.75. The Morgan fingerprint density at radius 2 is 1.82 bits per heavy atom. The minimum absolute atomic E-state index is 0.0731. The molecule has 150 valence electrons. The Morgan fingerprint density at radius 3 is 2.57 bits per heavy atom. The lowest BCUT2D eigenvalue weighted by atomic mass is 9.89. The summed E-state index contributed by atoms with van der Waals surface area (Å²) in [6.07, 6.45) is 7.87. The van der Waals surface area contributed by atoms with Crippen LogP contribution in [0.3, 0.4) is 0 Å². The molecule has 1 aromatic heterocycles. The average Bonchev–Trinajstić information content (AvgIpc) is 3.24.